The first-order valence-corrected chi connectivity index (χ1v) is 12.0. The average Bonchev–Trinajstić information content (AvgIpc) is 3.15. The summed E-state index contributed by atoms with van der Waals surface area (Å²) < 4.78 is 8.44. The normalized spacial score (nSPS) is 20.7. The molecule has 0 saturated carbocycles. The number of hydrogen-bond donors (Lipinski definition) is 2. The number of anilines is 2. The molecule has 6 rings (SSSR count). The second-order valence-electron chi connectivity index (χ2n) is 10.1. The summed E-state index contributed by atoms with van der Waals surface area (Å²) in [4.78, 5) is 7.38. The van der Waals surface area contributed by atoms with Crippen molar-refractivity contribution in [3.8, 4) is 16.9 Å². The van der Waals surface area contributed by atoms with Crippen molar-refractivity contribution in [3.63, 3.8) is 0 Å². The van der Waals surface area contributed by atoms with E-state index in [2.05, 4.69) is 58.7 Å². The summed E-state index contributed by atoms with van der Waals surface area (Å²) in [5.74, 6) is 2.31. The lowest BCUT2D eigenvalue weighted by molar-refractivity contribution is 0.111. The predicted molar refractivity (Wildman–Crippen MR) is 130 cm³/mol. The van der Waals surface area contributed by atoms with E-state index in [0.717, 1.165) is 53.1 Å². The molecule has 3 aliphatic rings. The van der Waals surface area contributed by atoms with Crippen LogP contribution in [0.15, 0.2) is 42.9 Å². The van der Waals surface area contributed by atoms with Crippen LogP contribution in [0.1, 0.15) is 43.7 Å². The molecule has 172 valence electrons. The van der Waals surface area contributed by atoms with Crippen molar-refractivity contribution < 1.29 is 4.74 Å². The smallest absolute Gasteiger partial charge is 0.144 e. The van der Waals surface area contributed by atoms with Crippen LogP contribution in [0.3, 0.4) is 0 Å². The summed E-state index contributed by atoms with van der Waals surface area (Å²) in [6.07, 6.45) is 8.22. The SMILES string of the molecule is Cn1cc(-c2ccnc3c2C(C)(C)Oc2ccc(C4CCN(C5CNC5)CC4)cc2N3)cn1. The Morgan fingerprint density at radius 2 is 1.94 bits per heavy atom. The molecule has 7 nitrogen and oxygen atoms in total. The fourth-order valence-corrected chi connectivity index (χ4v) is 5.54. The third kappa shape index (κ3) is 3.69. The van der Waals surface area contributed by atoms with Crippen LogP contribution in [-0.4, -0.2) is 51.9 Å². The molecule has 2 saturated heterocycles. The number of benzene rings is 1. The van der Waals surface area contributed by atoms with Crippen molar-refractivity contribution in [2.45, 2.75) is 44.2 Å². The van der Waals surface area contributed by atoms with Gasteiger partial charge in [-0.1, -0.05) is 6.07 Å². The fourth-order valence-electron chi connectivity index (χ4n) is 5.54. The van der Waals surface area contributed by atoms with Gasteiger partial charge in [0.25, 0.3) is 0 Å². The van der Waals surface area contributed by atoms with Crippen molar-refractivity contribution in [2.75, 3.05) is 31.5 Å². The molecular weight excluding hydrogens is 412 g/mol. The molecule has 2 aromatic heterocycles. The second kappa shape index (κ2) is 7.85. The number of nitrogens with one attached hydrogen (secondary N) is 2. The van der Waals surface area contributed by atoms with Crippen LogP contribution < -0.4 is 15.4 Å². The average molecular weight is 445 g/mol. The standard InChI is InChI=1S/C26H32N6O/c1-26(2)24-21(19-13-29-31(3)16-19)6-9-28-25(24)30-22-12-18(4-5-23(22)33-26)17-7-10-32(11-8-17)20-14-27-15-20/h4-6,9,12-13,16-17,20,27H,7-8,10-11,14-15H2,1-3H3,(H,28,30). The maximum atomic E-state index is 6.61. The zero-order chi connectivity index (χ0) is 22.6. The molecule has 0 bridgehead atoms. The Labute approximate surface area is 195 Å². The lowest BCUT2D eigenvalue weighted by Gasteiger charge is -2.42. The molecule has 2 N–H and O–H groups in total. The van der Waals surface area contributed by atoms with Gasteiger partial charge in [0, 0.05) is 49.7 Å². The number of pyridine rings is 1. The first-order valence-electron chi connectivity index (χ1n) is 12.0. The van der Waals surface area contributed by atoms with Crippen molar-refractivity contribution in [2.24, 2.45) is 7.05 Å². The summed E-state index contributed by atoms with van der Waals surface area (Å²) in [6, 6.07) is 9.47. The van der Waals surface area contributed by atoms with Crippen LogP contribution in [0.25, 0.3) is 11.1 Å². The van der Waals surface area contributed by atoms with E-state index in [-0.39, 0.29) is 0 Å². The molecule has 3 aromatic rings. The Kier molecular flexibility index (Phi) is 4.92. The van der Waals surface area contributed by atoms with Crippen molar-refractivity contribution >= 4 is 11.5 Å². The van der Waals surface area contributed by atoms with Gasteiger partial charge in [-0.2, -0.15) is 5.10 Å². The number of aryl methyl sites for hydroxylation is 1. The maximum absolute atomic E-state index is 6.61. The molecule has 3 aliphatic heterocycles. The minimum Gasteiger partial charge on any atom is -0.481 e. The van der Waals surface area contributed by atoms with Gasteiger partial charge >= 0.3 is 0 Å². The highest BCUT2D eigenvalue weighted by Crippen LogP contribution is 2.46. The number of piperidine rings is 1. The zero-order valence-corrected chi connectivity index (χ0v) is 19.6. The Morgan fingerprint density at radius 1 is 1.12 bits per heavy atom. The fraction of sp³-hybridized carbons (Fsp3) is 0.462. The van der Waals surface area contributed by atoms with Gasteiger partial charge in [0.2, 0.25) is 0 Å². The van der Waals surface area contributed by atoms with Gasteiger partial charge in [0.05, 0.1) is 11.9 Å². The van der Waals surface area contributed by atoms with E-state index in [9.17, 15) is 0 Å². The molecule has 0 aliphatic carbocycles. The van der Waals surface area contributed by atoms with E-state index in [1.807, 2.05) is 30.3 Å². The van der Waals surface area contributed by atoms with Crippen LogP contribution in [0.4, 0.5) is 11.5 Å². The maximum Gasteiger partial charge on any atom is 0.144 e. The minimum atomic E-state index is -0.545. The van der Waals surface area contributed by atoms with Gasteiger partial charge in [-0.3, -0.25) is 9.58 Å². The monoisotopic (exact) mass is 444 g/mol. The first kappa shape index (κ1) is 20.7. The molecule has 2 fully saturated rings. The molecule has 7 heteroatoms. The summed E-state index contributed by atoms with van der Waals surface area (Å²) in [5, 5.41) is 11.4. The van der Waals surface area contributed by atoms with Crippen LogP contribution >= 0.6 is 0 Å². The number of nitrogens with zero attached hydrogens (tertiary/aromatic N) is 4. The van der Waals surface area contributed by atoms with Crippen LogP contribution in [0.2, 0.25) is 0 Å². The summed E-state index contributed by atoms with van der Waals surface area (Å²) in [5.41, 5.74) is 5.06. The van der Waals surface area contributed by atoms with Gasteiger partial charge in [0.15, 0.2) is 0 Å². The molecule has 5 heterocycles. The molecule has 0 amide bonds. The van der Waals surface area contributed by atoms with Crippen molar-refractivity contribution in [1.29, 1.82) is 0 Å². The number of hydrogen-bond acceptors (Lipinski definition) is 6. The van der Waals surface area contributed by atoms with Gasteiger partial charge in [-0.25, -0.2) is 4.98 Å². The Hall–Kier alpha value is -2.90. The topological polar surface area (TPSA) is 67.2 Å². The van der Waals surface area contributed by atoms with E-state index in [1.54, 1.807) is 0 Å². The zero-order valence-electron chi connectivity index (χ0n) is 19.6. The largest absolute Gasteiger partial charge is 0.481 e. The molecule has 0 radical (unpaired) electrons. The highest BCUT2D eigenvalue weighted by Gasteiger charge is 2.35. The lowest BCUT2D eigenvalue weighted by Crippen LogP contribution is -2.58. The molecule has 0 atom stereocenters. The highest BCUT2D eigenvalue weighted by atomic mass is 16.5. The van der Waals surface area contributed by atoms with Crippen LogP contribution in [-0.2, 0) is 12.6 Å². The van der Waals surface area contributed by atoms with Crippen molar-refractivity contribution in [1.82, 2.24) is 25.0 Å². The summed E-state index contributed by atoms with van der Waals surface area (Å²) >= 11 is 0. The molecule has 0 spiro atoms. The van der Waals surface area contributed by atoms with Crippen LogP contribution in [0.5, 0.6) is 5.75 Å². The Balaban J connectivity index is 1.31. The van der Waals surface area contributed by atoms with Gasteiger partial charge in [-0.05, 0) is 75.0 Å². The van der Waals surface area contributed by atoms with Gasteiger partial charge < -0.3 is 15.4 Å². The predicted octanol–water partition coefficient (Wildman–Crippen LogP) is 4.00. The first-order chi connectivity index (χ1) is 16.0. The van der Waals surface area contributed by atoms with E-state index in [0.29, 0.717) is 5.92 Å². The molecule has 33 heavy (non-hydrogen) atoms. The minimum absolute atomic E-state index is 0.545. The summed E-state index contributed by atoms with van der Waals surface area (Å²) in [6.45, 7) is 8.89. The number of fused-ring (bicyclic) bond motifs is 2. The quantitative estimate of drug-likeness (QED) is 0.636. The van der Waals surface area contributed by atoms with Gasteiger partial charge in [-0.15, -0.1) is 0 Å². The molecular formula is C26H32N6O. The third-order valence-corrected chi connectivity index (χ3v) is 7.47. The van der Waals surface area contributed by atoms with Crippen molar-refractivity contribution in [3.05, 3.63) is 54.0 Å². The number of rotatable bonds is 3. The van der Waals surface area contributed by atoms with Gasteiger partial charge in [0.1, 0.15) is 17.2 Å². The van der Waals surface area contributed by atoms with E-state index >= 15 is 0 Å². The second-order valence-corrected chi connectivity index (χ2v) is 10.1. The van der Waals surface area contributed by atoms with E-state index in [1.165, 1.54) is 31.5 Å². The number of aromatic nitrogens is 3. The summed E-state index contributed by atoms with van der Waals surface area (Å²) in [7, 11) is 1.94. The number of likely N-dealkylation sites (tertiary alicyclic amines) is 1. The highest BCUT2D eigenvalue weighted by molar-refractivity contribution is 5.78. The van der Waals surface area contributed by atoms with E-state index < -0.39 is 5.60 Å². The lowest BCUT2D eigenvalue weighted by atomic mass is 9.88. The van der Waals surface area contributed by atoms with Crippen LogP contribution in [0, 0.1) is 0 Å². The number of ether oxygens (including phenoxy) is 1. The third-order valence-electron chi connectivity index (χ3n) is 7.47. The molecule has 0 unspecified atom stereocenters. The van der Waals surface area contributed by atoms with E-state index in [4.69, 9.17) is 9.72 Å². The Bertz CT molecular complexity index is 1170. The molecule has 1 aromatic carbocycles. The Morgan fingerprint density at radius 3 is 2.64 bits per heavy atom.